The van der Waals surface area contributed by atoms with Gasteiger partial charge in [-0.05, 0) is 36.4 Å². The number of nitrogens with two attached hydrogens (primary N) is 1. The highest BCUT2D eigenvalue weighted by Crippen LogP contribution is 2.23. The van der Waals surface area contributed by atoms with Crippen molar-refractivity contribution >= 4 is 5.69 Å². The fraction of sp³-hybridized carbons (Fsp3) is 0.0588. The van der Waals surface area contributed by atoms with Gasteiger partial charge in [0.25, 0.3) is 5.56 Å². The van der Waals surface area contributed by atoms with Crippen molar-refractivity contribution in [2.24, 2.45) is 0 Å². The molecule has 0 fully saturated rings. The van der Waals surface area contributed by atoms with Gasteiger partial charge in [-0.3, -0.25) is 4.79 Å². The minimum absolute atomic E-state index is 0.209. The van der Waals surface area contributed by atoms with Crippen LogP contribution in [0.25, 0.3) is 22.6 Å². The second-order valence-corrected chi connectivity index (χ2v) is 4.83. The molecule has 0 amide bonds. The van der Waals surface area contributed by atoms with Crippen molar-refractivity contribution in [2.45, 2.75) is 0 Å². The molecule has 0 aliphatic heterocycles. The van der Waals surface area contributed by atoms with Gasteiger partial charge in [-0.1, -0.05) is 12.1 Å². The molecular weight excluding hydrogens is 278 g/mol. The van der Waals surface area contributed by atoms with Gasteiger partial charge in [-0.25, -0.2) is 4.98 Å². The number of benzene rings is 2. The van der Waals surface area contributed by atoms with E-state index in [1.54, 1.807) is 19.2 Å². The highest BCUT2D eigenvalue weighted by atomic mass is 16.5. The Balaban J connectivity index is 2.10. The molecule has 0 aliphatic carbocycles. The van der Waals surface area contributed by atoms with Crippen molar-refractivity contribution < 1.29 is 4.74 Å². The van der Waals surface area contributed by atoms with Crippen molar-refractivity contribution in [2.75, 3.05) is 12.8 Å². The topological polar surface area (TPSA) is 81.0 Å². The molecule has 0 atom stereocenters. The third kappa shape index (κ3) is 2.83. The van der Waals surface area contributed by atoms with E-state index in [0.717, 1.165) is 11.1 Å². The van der Waals surface area contributed by atoms with Crippen LogP contribution >= 0.6 is 0 Å². The van der Waals surface area contributed by atoms with Crippen LogP contribution in [-0.2, 0) is 0 Å². The Morgan fingerprint density at radius 1 is 1.05 bits per heavy atom. The Hall–Kier alpha value is -3.08. The van der Waals surface area contributed by atoms with Crippen LogP contribution in [-0.4, -0.2) is 17.1 Å². The number of aromatic nitrogens is 2. The highest BCUT2D eigenvalue weighted by Gasteiger charge is 2.07. The molecule has 22 heavy (non-hydrogen) atoms. The molecule has 1 heterocycles. The van der Waals surface area contributed by atoms with E-state index in [2.05, 4.69) is 9.97 Å². The van der Waals surface area contributed by atoms with Gasteiger partial charge in [0.15, 0.2) is 0 Å². The highest BCUT2D eigenvalue weighted by molar-refractivity contribution is 5.65. The van der Waals surface area contributed by atoms with Crippen molar-refractivity contribution in [3.63, 3.8) is 0 Å². The number of nitrogen functional groups attached to an aromatic ring is 1. The number of nitrogens with zero attached hydrogens (tertiary/aromatic N) is 1. The fourth-order valence-electron chi connectivity index (χ4n) is 2.17. The van der Waals surface area contributed by atoms with Gasteiger partial charge in [-0.2, -0.15) is 0 Å². The number of aromatic amines is 1. The summed E-state index contributed by atoms with van der Waals surface area (Å²) in [5, 5.41) is 0. The lowest BCUT2D eigenvalue weighted by molar-refractivity contribution is 0.415. The lowest BCUT2D eigenvalue weighted by atomic mass is 10.1. The number of H-pyrrole nitrogens is 1. The van der Waals surface area contributed by atoms with Crippen LogP contribution in [0.5, 0.6) is 5.75 Å². The summed E-state index contributed by atoms with van der Waals surface area (Å²) >= 11 is 0. The van der Waals surface area contributed by atoms with Crippen molar-refractivity contribution in [3.05, 3.63) is 65.0 Å². The van der Waals surface area contributed by atoms with Crippen molar-refractivity contribution in [1.82, 2.24) is 9.97 Å². The number of methoxy groups -OCH3 is 1. The molecule has 0 spiro atoms. The van der Waals surface area contributed by atoms with E-state index in [9.17, 15) is 4.79 Å². The van der Waals surface area contributed by atoms with E-state index >= 15 is 0 Å². The first-order chi connectivity index (χ1) is 10.7. The third-order valence-electron chi connectivity index (χ3n) is 3.29. The number of ether oxygens (including phenoxy) is 1. The summed E-state index contributed by atoms with van der Waals surface area (Å²) in [7, 11) is 1.60. The van der Waals surface area contributed by atoms with Gasteiger partial charge >= 0.3 is 0 Å². The molecule has 5 nitrogen and oxygen atoms in total. The van der Waals surface area contributed by atoms with Crippen molar-refractivity contribution in [1.29, 1.82) is 0 Å². The van der Waals surface area contributed by atoms with Gasteiger partial charge in [-0.15, -0.1) is 0 Å². The van der Waals surface area contributed by atoms with Crippen LogP contribution in [0.4, 0.5) is 5.69 Å². The molecular formula is C17H15N3O2. The SMILES string of the molecule is COc1cccc(-c2cc(=O)[nH]c(-c3ccc(N)cc3)n2)c1. The number of rotatable bonds is 3. The molecule has 0 bridgehead atoms. The summed E-state index contributed by atoms with van der Waals surface area (Å²) < 4.78 is 5.21. The monoisotopic (exact) mass is 293 g/mol. The Bertz CT molecular complexity index is 854. The van der Waals surface area contributed by atoms with Gasteiger partial charge in [0.1, 0.15) is 11.6 Å². The molecule has 0 unspecified atom stereocenters. The van der Waals surface area contributed by atoms with Crippen LogP contribution in [0.15, 0.2) is 59.4 Å². The van der Waals surface area contributed by atoms with Crippen LogP contribution in [0.2, 0.25) is 0 Å². The zero-order chi connectivity index (χ0) is 15.5. The summed E-state index contributed by atoms with van der Waals surface area (Å²) in [6, 6.07) is 16.1. The van der Waals surface area contributed by atoms with E-state index in [-0.39, 0.29) is 5.56 Å². The first kappa shape index (κ1) is 13.9. The molecule has 0 radical (unpaired) electrons. The van der Waals surface area contributed by atoms with E-state index in [4.69, 9.17) is 10.5 Å². The van der Waals surface area contributed by atoms with Gasteiger partial charge in [0, 0.05) is 22.9 Å². The molecule has 0 saturated carbocycles. The minimum Gasteiger partial charge on any atom is -0.497 e. The quantitative estimate of drug-likeness (QED) is 0.727. The van der Waals surface area contributed by atoms with Gasteiger partial charge in [0.05, 0.1) is 12.8 Å². The zero-order valence-electron chi connectivity index (χ0n) is 12.0. The predicted octanol–water partition coefficient (Wildman–Crippen LogP) is 2.69. The molecule has 2 aromatic carbocycles. The second kappa shape index (κ2) is 5.73. The number of nitrogens with one attached hydrogen (secondary N) is 1. The lowest BCUT2D eigenvalue weighted by Gasteiger charge is -2.06. The number of hydrogen-bond donors (Lipinski definition) is 2. The summed E-state index contributed by atoms with van der Waals surface area (Å²) in [4.78, 5) is 19.2. The summed E-state index contributed by atoms with van der Waals surface area (Å²) in [6.45, 7) is 0. The average Bonchev–Trinajstić information content (AvgIpc) is 2.55. The first-order valence-corrected chi connectivity index (χ1v) is 6.77. The molecule has 3 N–H and O–H groups in total. The van der Waals surface area contributed by atoms with Gasteiger partial charge < -0.3 is 15.5 Å². The standard InChI is InChI=1S/C17H15N3O2/c1-22-14-4-2-3-12(9-14)15-10-16(21)20-17(19-15)11-5-7-13(18)8-6-11/h2-10H,18H2,1H3,(H,19,20,21). The van der Waals surface area contributed by atoms with Crippen LogP contribution < -0.4 is 16.0 Å². The molecule has 0 saturated heterocycles. The predicted molar refractivity (Wildman–Crippen MR) is 86.7 cm³/mol. The van der Waals surface area contributed by atoms with E-state index in [1.807, 2.05) is 36.4 Å². The van der Waals surface area contributed by atoms with Crippen LogP contribution in [0, 0.1) is 0 Å². The maximum Gasteiger partial charge on any atom is 0.251 e. The van der Waals surface area contributed by atoms with Crippen molar-refractivity contribution in [3.8, 4) is 28.4 Å². The maximum atomic E-state index is 11.9. The molecule has 5 heteroatoms. The second-order valence-electron chi connectivity index (χ2n) is 4.83. The van der Waals surface area contributed by atoms with E-state index in [1.165, 1.54) is 6.07 Å². The van der Waals surface area contributed by atoms with Crippen LogP contribution in [0.1, 0.15) is 0 Å². The summed E-state index contributed by atoms with van der Waals surface area (Å²) in [5.74, 6) is 1.22. The molecule has 3 rings (SSSR count). The fourth-order valence-corrected chi connectivity index (χ4v) is 2.17. The zero-order valence-corrected chi connectivity index (χ0v) is 12.0. The number of hydrogen-bond acceptors (Lipinski definition) is 4. The smallest absolute Gasteiger partial charge is 0.251 e. The summed E-state index contributed by atoms with van der Waals surface area (Å²) in [5.41, 5.74) is 8.35. The largest absolute Gasteiger partial charge is 0.497 e. The Morgan fingerprint density at radius 2 is 1.82 bits per heavy atom. The Kier molecular flexibility index (Phi) is 3.62. The van der Waals surface area contributed by atoms with E-state index in [0.29, 0.717) is 23.0 Å². The molecule has 0 aliphatic rings. The lowest BCUT2D eigenvalue weighted by Crippen LogP contribution is -2.08. The Labute approximate surface area is 127 Å². The van der Waals surface area contributed by atoms with Crippen LogP contribution in [0.3, 0.4) is 0 Å². The van der Waals surface area contributed by atoms with E-state index < -0.39 is 0 Å². The Morgan fingerprint density at radius 3 is 2.55 bits per heavy atom. The minimum atomic E-state index is -0.209. The molecule has 3 aromatic rings. The van der Waals surface area contributed by atoms with Gasteiger partial charge in [0.2, 0.25) is 0 Å². The third-order valence-corrected chi connectivity index (χ3v) is 3.29. The average molecular weight is 293 g/mol. The molecule has 1 aromatic heterocycles. The summed E-state index contributed by atoms with van der Waals surface area (Å²) in [6.07, 6.45) is 0. The normalized spacial score (nSPS) is 10.4. The molecule has 110 valence electrons. The number of anilines is 1. The maximum absolute atomic E-state index is 11.9. The first-order valence-electron chi connectivity index (χ1n) is 6.77.